The van der Waals surface area contributed by atoms with E-state index in [9.17, 15) is 4.79 Å². The molecule has 1 saturated heterocycles. The maximum atomic E-state index is 11.2. The van der Waals surface area contributed by atoms with E-state index in [4.69, 9.17) is 20.3 Å². The van der Waals surface area contributed by atoms with Crippen molar-refractivity contribution in [1.29, 1.82) is 0 Å². The summed E-state index contributed by atoms with van der Waals surface area (Å²) < 4.78 is 81.9. The summed E-state index contributed by atoms with van der Waals surface area (Å²) in [6.07, 6.45) is -3.82. The number of nitrogens with two attached hydrogens (primary N) is 1. The van der Waals surface area contributed by atoms with Gasteiger partial charge in [0.15, 0.2) is 0 Å². The smallest absolute Gasteiger partial charge is 0.320 e. The highest BCUT2D eigenvalue weighted by Gasteiger charge is 2.20. The van der Waals surface area contributed by atoms with Gasteiger partial charge in [-0.2, -0.15) is 0 Å². The lowest BCUT2D eigenvalue weighted by atomic mass is 10.1. The number of carboxylic acids is 1. The molecule has 0 bridgehead atoms. The largest absolute Gasteiger partial charge is 0.480 e. The zero-order chi connectivity index (χ0) is 17.9. The Bertz CT molecular complexity index is 486. The first-order valence-corrected chi connectivity index (χ1v) is 2.60. The molecule has 0 spiro atoms. The Hall–Kier alpha value is -0.650. The first kappa shape index (κ1) is 1.99. The van der Waals surface area contributed by atoms with Gasteiger partial charge in [0.2, 0.25) is 0 Å². The van der Waals surface area contributed by atoms with Crippen LogP contribution in [0.5, 0.6) is 0 Å². The highest BCUT2D eigenvalue weighted by Crippen LogP contribution is 1.98. The summed E-state index contributed by atoms with van der Waals surface area (Å²) in [6, 6.07) is -7.25. The van der Waals surface area contributed by atoms with E-state index in [1.54, 1.807) is 0 Å². The fraction of sp³-hybridized carbons (Fsp3) is 0.833. The molecular weight excluding hydrogens is 146 g/mol. The molecule has 5 heteroatoms. The average molecular weight is 170 g/mol. The van der Waals surface area contributed by atoms with Gasteiger partial charge >= 0.3 is 5.97 Å². The van der Waals surface area contributed by atoms with Crippen LogP contribution in [0.25, 0.3) is 0 Å². The van der Waals surface area contributed by atoms with Gasteiger partial charge in [-0.1, -0.05) is 0 Å². The van der Waals surface area contributed by atoms with Crippen LogP contribution in [0.3, 0.4) is 0 Å². The molecule has 0 aromatic rings. The molecule has 1 aliphatic rings. The van der Waals surface area contributed by atoms with E-state index in [1.807, 2.05) is 0 Å². The van der Waals surface area contributed by atoms with E-state index in [1.165, 1.54) is 5.32 Å². The lowest BCUT2D eigenvalue weighted by Gasteiger charge is -2.11. The quantitative estimate of drug-likeness (QED) is 0.404. The first-order valence-electron chi connectivity index (χ1n) is 7.94. The van der Waals surface area contributed by atoms with E-state index in [0.29, 0.717) is 0 Å². The monoisotopic (exact) mass is 170 g/mol. The van der Waals surface area contributed by atoms with Crippen molar-refractivity contribution in [3.8, 4) is 0 Å². The fourth-order valence-corrected chi connectivity index (χ4v) is 0.427. The Morgan fingerprint density at radius 3 is 3.73 bits per heavy atom. The Balaban J connectivity index is 3.59. The zero-order valence-electron chi connectivity index (χ0n) is 16.2. The predicted octanol–water partition coefficient (Wildman–Crippen LogP) is -1.69. The van der Waals surface area contributed by atoms with Crippen molar-refractivity contribution in [3.63, 3.8) is 0 Å². The van der Waals surface area contributed by atoms with Crippen molar-refractivity contribution in [3.05, 3.63) is 0 Å². The van der Waals surface area contributed by atoms with E-state index < -0.39 is 48.5 Å². The van der Waals surface area contributed by atoms with Gasteiger partial charge in [0, 0.05) is 26.0 Å². The molecule has 0 aromatic heterocycles. The lowest BCUT2D eigenvalue weighted by Crippen LogP contribution is -2.38. The maximum absolute atomic E-state index is 11.2. The third-order valence-electron chi connectivity index (χ3n) is 0.850. The molecule has 0 saturated carbocycles. The van der Waals surface area contributed by atoms with Crippen LogP contribution in [0.4, 0.5) is 0 Å². The molecule has 0 aromatic carbocycles. The Kier molecular flexibility index (Phi) is 0.660. The number of nitrogens with one attached hydrogen (secondary N) is 2. The van der Waals surface area contributed by atoms with Crippen LogP contribution in [-0.2, 0) is 4.79 Å². The minimum Gasteiger partial charge on any atom is -0.480 e. The highest BCUT2D eigenvalue weighted by molar-refractivity contribution is 5.73. The number of carbonyl (C=O) groups is 1. The lowest BCUT2D eigenvalue weighted by molar-refractivity contribution is -0.138. The van der Waals surface area contributed by atoms with Crippen LogP contribution >= 0.6 is 0 Å². The second-order valence-electron chi connectivity index (χ2n) is 1.61. The summed E-state index contributed by atoms with van der Waals surface area (Å²) in [4.78, 5) is 11.2. The van der Waals surface area contributed by atoms with Gasteiger partial charge in [0.25, 0.3) is 0 Å². The molecule has 5 N–H and O–H groups in total. The van der Waals surface area contributed by atoms with E-state index in [2.05, 4.69) is 0 Å². The van der Waals surface area contributed by atoms with Crippen LogP contribution in [0.15, 0.2) is 0 Å². The van der Waals surface area contributed by atoms with Crippen molar-refractivity contribution >= 4 is 5.97 Å². The van der Waals surface area contributed by atoms with Crippen molar-refractivity contribution in [2.75, 3.05) is 13.1 Å². The number of hydrogen-bond donors (Lipinski definition) is 4. The van der Waals surface area contributed by atoms with Crippen molar-refractivity contribution < 1.29 is 25.1 Å². The number of hydrogen-bond acceptors (Lipinski definition) is 4. The summed E-state index contributed by atoms with van der Waals surface area (Å²) in [5.41, 5.74) is -0.856. The van der Waals surface area contributed by atoms with Crippen LogP contribution in [-0.4, -0.2) is 36.2 Å². The number of carboxylic acid groups (broad SMARTS) is 1. The normalized spacial score (nSPS) is 63.5. The van der Waals surface area contributed by atoms with Crippen molar-refractivity contribution in [2.45, 2.75) is 18.4 Å². The van der Waals surface area contributed by atoms with Gasteiger partial charge in [0.05, 0.1) is 4.11 Å². The molecule has 5 nitrogen and oxygen atoms in total. The first-order chi connectivity index (χ1) is 9.50. The van der Waals surface area contributed by atoms with Crippen LogP contribution in [0.2, 0.25) is 4.24 Å². The molecule has 0 aliphatic carbocycles. The molecular formula is C6H13N3O2. The maximum Gasteiger partial charge on any atom is 0.320 e. The van der Waals surface area contributed by atoms with Gasteiger partial charge in [-0.3, -0.25) is 4.79 Å². The molecule has 64 valence electrons. The Morgan fingerprint density at radius 2 is 3.27 bits per heavy atom. The standard InChI is InChI=1S/C6H13N3O2/c7-5(6(10)11)1-4-2-8-3-9-4/h4-5,8-9H,1-3,7H2,(H,10,11)/t4?,5-/m0/s1/i1D2,2D2,3D2,4D,5D/hD3. The van der Waals surface area contributed by atoms with Gasteiger partial charge in [0.1, 0.15) is 10.3 Å². The van der Waals surface area contributed by atoms with Gasteiger partial charge in [-0.25, -0.2) is 0 Å². The summed E-state index contributed by atoms with van der Waals surface area (Å²) in [7, 11) is 0. The second-order valence-corrected chi connectivity index (χ2v) is 1.61. The zero-order valence-corrected chi connectivity index (χ0v) is 5.25. The summed E-state index contributed by atoms with van der Waals surface area (Å²) >= 11 is 0. The van der Waals surface area contributed by atoms with Gasteiger partial charge < -0.3 is 21.5 Å². The molecule has 11 heavy (non-hydrogen) atoms. The summed E-state index contributed by atoms with van der Waals surface area (Å²) in [6.45, 7) is -6.47. The predicted molar refractivity (Wildman–Crippen MR) is 40.0 cm³/mol. The molecule has 1 fully saturated rings. The molecule has 1 heterocycles. The molecule has 1 aliphatic heterocycles. The minimum absolute atomic E-state index is 0.411. The van der Waals surface area contributed by atoms with Gasteiger partial charge in [-0.15, -0.1) is 0 Å². The minimum atomic E-state index is -3.82. The van der Waals surface area contributed by atoms with Crippen molar-refractivity contribution in [2.24, 2.45) is 5.72 Å². The van der Waals surface area contributed by atoms with Crippen LogP contribution < -0.4 is 16.3 Å². The molecule has 0 amide bonds. The van der Waals surface area contributed by atoms with Crippen LogP contribution in [0.1, 0.15) is 17.3 Å². The summed E-state index contributed by atoms with van der Waals surface area (Å²) in [5.74, 6) is -2.35. The van der Waals surface area contributed by atoms with E-state index >= 15 is 0 Å². The van der Waals surface area contributed by atoms with E-state index in [0.717, 1.165) is 0 Å². The average Bonchev–Trinajstić information content (AvgIpc) is 2.46. The fourth-order valence-electron chi connectivity index (χ4n) is 0.427. The Labute approximate surface area is 80.6 Å². The molecule has 2 atom stereocenters. The number of rotatable bonds is 4. The van der Waals surface area contributed by atoms with E-state index in [-0.39, 0.29) is 0 Å². The van der Waals surface area contributed by atoms with Gasteiger partial charge in [-0.05, 0) is 6.37 Å². The number of aliphatic carboxylic acids is 1. The SMILES string of the molecule is [2H]N1C([2H])([2H])NC([2H])(C([2H])([2H])[C@@]([2H])(C(=O)O)N([2H])[2H])C1([2H])[2H]. The highest BCUT2D eigenvalue weighted by atomic mass is 16.4. The molecule has 0 radical (unpaired) electrons. The molecule has 1 unspecified atom stereocenters. The second kappa shape index (κ2) is 3.66. The summed E-state index contributed by atoms with van der Waals surface area (Å²) in [5, 5.41) is 10.1. The third kappa shape index (κ3) is 2.45. The molecule has 1 rings (SSSR count). The Morgan fingerprint density at radius 1 is 2.45 bits per heavy atom. The topological polar surface area (TPSA) is 87.4 Å². The van der Waals surface area contributed by atoms with Crippen molar-refractivity contribution in [1.82, 2.24) is 10.6 Å². The van der Waals surface area contributed by atoms with Crippen LogP contribution in [0, 0.1) is 0 Å². The third-order valence-corrected chi connectivity index (χ3v) is 0.850.